The lowest BCUT2D eigenvalue weighted by atomic mass is 9.99. The monoisotopic (exact) mass is 365 g/mol. The Labute approximate surface area is 155 Å². The highest BCUT2D eigenvalue weighted by molar-refractivity contribution is 6.02. The third kappa shape index (κ3) is 2.76. The van der Waals surface area contributed by atoms with Crippen LogP contribution in [0.4, 0.5) is 11.6 Å². The van der Waals surface area contributed by atoms with Crippen LogP contribution in [0.5, 0.6) is 0 Å². The lowest BCUT2D eigenvalue weighted by Crippen LogP contribution is -2.59. The Morgan fingerprint density at radius 1 is 1.26 bits per heavy atom. The van der Waals surface area contributed by atoms with Crippen molar-refractivity contribution >= 4 is 28.6 Å². The summed E-state index contributed by atoms with van der Waals surface area (Å²) in [6, 6.07) is 3.92. The molecule has 138 valence electrons. The number of aromatic nitrogens is 4. The molecule has 9 heteroatoms. The van der Waals surface area contributed by atoms with Gasteiger partial charge in [-0.25, -0.2) is 15.0 Å². The molecule has 0 spiro atoms. The maximum absolute atomic E-state index is 11.6. The zero-order valence-corrected chi connectivity index (χ0v) is 14.6. The molecule has 0 aliphatic carbocycles. The molecule has 0 saturated carbocycles. The Morgan fingerprint density at radius 3 is 3.04 bits per heavy atom. The summed E-state index contributed by atoms with van der Waals surface area (Å²) in [6.07, 6.45) is 6.16. The van der Waals surface area contributed by atoms with E-state index in [9.17, 15) is 4.79 Å². The number of hydrogen-bond acceptors (Lipinski definition) is 7. The minimum Gasteiger partial charge on any atom is -0.368 e. The largest absolute Gasteiger partial charge is 0.368 e. The van der Waals surface area contributed by atoms with Gasteiger partial charge in [0.2, 0.25) is 11.9 Å². The van der Waals surface area contributed by atoms with Crippen molar-refractivity contribution < 1.29 is 9.53 Å². The number of pyridine rings is 1. The lowest BCUT2D eigenvalue weighted by molar-refractivity contribution is -0.137. The fraction of sp³-hybridized carbons (Fsp3) is 0.333. The van der Waals surface area contributed by atoms with Crippen LogP contribution in [0.25, 0.3) is 22.3 Å². The number of H-pyrrole nitrogens is 1. The molecule has 3 aromatic rings. The van der Waals surface area contributed by atoms with Gasteiger partial charge in [-0.3, -0.25) is 4.79 Å². The molecule has 5 rings (SSSR count). The molecule has 0 unspecified atom stereocenters. The molecule has 1 amide bonds. The SMILES string of the molecule is Nc1nccc(-c2c[nH]c3nccc(N4CC[C@H]5NC(=O)CO[C@@H]5C4)c23)n1. The summed E-state index contributed by atoms with van der Waals surface area (Å²) in [5, 5.41) is 4.02. The van der Waals surface area contributed by atoms with Gasteiger partial charge in [0.15, 0.2) is 0 Å². The molecule has 9 nitrogen and oxygen atoms in total. The average molecular weight is 365 g/mol. The first-order chi connectivity index (χ1) is 13.2. The topological polar surface area (TPSA) is 122 Å². The molecule has 4 N–H and O–H groups in total. The standard InChI is InChI=1S/C18H19N7O2/c19-18-21-4-1-11(24-18)10-7-22-17-16(10)13(2-5-20-17)25-6-3-12-14(8-25)27-9-15(26)23-12/h1-2,4-5,7,12,14H,3,6,8-9H2,(H,20,22)(H,23,26)(H2,19,21,24)/t12-,14-/m1/s1. The van der Waals surface area contributed by atoms with Gasteiger partial charge in [-0.2, -0.15) is 0 Å². The van der Waals surface area contributed by atoms with Crippen molar-refractivity contribution in [2.75, 3.05) is 30.3 Å². The van der Waals surface area contributed by atoms with Crippen LogP contribution in [-0.4, -0.2) is 57.7 Å². The highest BCUT2D eigenvalue weighted by Crippen LogP contribution is 2.35. The molecular weight excluding hydrogens is 346 g/mol. The summed E-state index contributed by atoms with van der Waals surface area (Å²) < 4.78 is 5.76. The van der Waals surface area contributed by atoms with Gasteiger partial charge >= 0.3 is 0 Å². The zero-order valence-electron chi connectivity index (χ0n) is 14.6. The van der Waals surface area contributed by atoms with Gasteiger partial charge in [0.05, 0.1) is 28.9 Å². The van der Waals surface area contributed by atoms with Crippen LogP contribution in [-0.2, 0) is 9.53 Å². The van der Waals surface area contributed by atoms with E-state index in [0.717, 1.165) is 40.9 Å². The third-order valence-corrected chi connectivity index (χ3v) is 5.18. The molecule has 5 heterocycles. The number of fused-ring (bicyclic) bond motifs is 2. The Kier molecular flexibility index (Phi) is 3.68. The minimum atomic E-state index is -0.0368. The van der Waals surface area contributed by atoms with E-state index in [-0.39, 0.29) is 30.6 Å². The highest BCUT2D eigenvalue weighted by atomic mass is 16.5. The number of nitrogens with two attached hydrogens (primary N) is 1. The Hall–Kier alpha value is -3.20. The average Bonchev–Trinajstić information content (AvgIpc) is 3.12. The van der Waals surface area contributed by atoms with Gasteiger partial charge in [-0.1, -0.05) is 0 Å². The molecular formula is C18H19N7O2. The van der Waals surface area contributed by atoms with Crippen LogP contribution in [0, 0.1) is 0 Å². The maximum Gasteiger partial charge on any atom is 0.246 e. The van der Waals surface area contributed by atoms with Crippen molar-refractivity contribution in [3.8, 4) is 11.3 Å². The van der Waals surface area contributed by atoms with Gasteiger partial charge < -0.3 is 25.7 Å². The van der Waals surface area contributed by atoms with Crippen LogP contribution in [0.3, 0.4) is 0 Å². The van der Waals surface area contributed by atoms with E-state index in [1.165, 1.54) is 0 Å². The summed E-state index contributed by atoms with van der Waals surface area (Å²) in [4.78, 5) is 29.8. The van der Waals surface area contributed by atoms with Gasteiger partial charge in [-0.05, 0) is 18.6 Å². The summed E-state index contributed by atoms with van der Waals surface area (Å²) >= 11 is 0. The molecule has 2 aliphatic rings. The highest BCUT2D eigenvalue weighted by Gasteiger charge is 2.35. The Morgan fingerprint density at radius 2 is 2.15 bits per heavy atom. The van der Waals surface area contributed by atoms with E-state index in [4.69, 9.17) is 10.5 Å². The second-order valence-corrected chi connectivity index (χ2v) is 6.81. The van der Waals surface area contributed by atoms with E-state index in [1.807, 2.05) is 18.3 Å². The molecule has 2 atom stereocenters. The number of morpholine rings is 1. The second kappa shape index (κ2) is 6.20. The Bertz CT molecular complexity index is 1020. The van der Waals surface area contributed by atoms with Crippen LogP contribution >= 0.6 is 0 Å². The molecule has 2 fully saturated rings. The zero-order chi connectivity index (χ0) is 18.4. The van der Waals surface area contributed by atoms with E-state index in [0.29, 0.717) is 6.54 Å². The molecule has 2 saturated heterocycles. The summed E-state index contributed by atoms with van der Waals surface area (Å²) in [7, 11) is 0. The van der Waals surface area contributed by atoms with Gasteiger partial charge in [0, 0.05) is 37.2 Å². The number of nitrogens with zero attached hydrogens (tertiary/aromatic N) is 4. The first kappa shape index (κ1) is 16.0. The molecule has 3 aromatic heterocycles. The van der Waals surface area contributed by atoms with Crippen molar-refractivity contribution in [2.24, 2.45) is 0 Å². The maximum atomic E-state index is 11.6. The van der Waals surface area contributed by atoms with Crippen molar-refractivity contribution in [3.05, 3.63) is 30.7 Å². The number of hydrogen-bond donors (Lipinski definition) is 3. The van der Waals surface area contributed by atoms with E-state index in [2.05, 4.69) is 30.2 Å². The number of nitrogens with one attached hydrogen (secondary N) is 2. The molecule has 0 bridgehead atoms. The van der Waals surface area contributed by atoms with Gasteiger partial charge in [0.25, 0.3) is 0 Å². The number of anilines is 2. The van der Waals surface area contributed by atoms with Crippen LogP contribution in [0.1, 0.15) is 6.42 Å². The third-order valence-electron chi connectivity index (χ3n) is 5.18. The predicted molar refractivity (Wildman–Crippen MR) is 100 cm³/mol. The van der Waals surface area contributed by atoms with Gasteiger partial charge in [-0.15, -0.1) is 0 Å². The minimum absolute atomic E-state index is 0.0169. The van der Waals surface area contributed by atoms with Gasteiger partial charge in [0.1, 0.15) is 12.3 Å². The van der Waals surface area contributed by atoms with Crippen molar-refractivity contribution in [2.45, 2.75) is 18.6 Å². The second-order valence-electron chi connectivity index (χ2n) is 6.81. The van der Waals surface area contributed by atoms with Crippen LogP contribution < -0.4 is 16.0 Å². The fourth-order valence-corrected chi connectivity index (χ4v) is 3.93. The van der Waals surface area contributed by atoms with Crippen LogP contribution in [0.15, 0.2) is 30.7 Å². The summed E-state index contributed by atoms with van der Waals surface area (Å²) in [5.41, 5.74) is 9.30. The molecule has 27 heavy (non-hydrogen) atoms. The number of carbonyl (C=O) groups excluding carboxylic acids is 1. The number of carbonyl (C=O) groups is 1. The number of piperidine rings is 1. The number of aromatic amines is 1. The summed E-state index contributed by atoms with van der Waals surface area (Å²) in [6.45, 7) is 1.65. The number of ether oxygens (including phenoxy) is 1. The first-order valence-corrected chi connectivity index (χ1v) is 8.90. The van der Waals surface area contributed by atoms with E-state index in [1.54, 1.807) is 12.4 Å². The van der Waals surface area contributed by atoms with E-state index < -0.39 is 0 Å². The van der Waals surface area contributed by atoms with Crippen LogP contribution in [0.2, 0.25) is 0 Å². The number of nitrogen functional groups attached to an aromatic ring is 1. The Balaban J connectivity index is 1.54. The van der Waals surface area contributed by atoms with Crippen molar-refractivity contribution in [1.82, 2.24) is 25.3 Å². The smallest absolute Gasteiger partial charge is 0.246 e. The quantitative estimate of drug-likeness (QED) is 0.611. The lowest BCUT2D eigenvalue weighted by Gasteiger charge is -2.42. The molecule has 0 aromatic carbocycles. The number of amides is 1. The van der Waals surface area contributed by atoms with Crippen molar-refractivity contribution in [1.29, 1.82) is 0 Å². The molecule has 2 aliphatic heterocycles. The summed E-state index contributed by atoms with van der Waals surface area (Å²) in [5.74, 6) is 0.199. The fourth-order valence-electron chi connectivity index (χ4n) is 3.93. The van der Waals surface area contributed by atoms with Crippen molar-refractivity contribution in [3.63, 3.8) is 0 Å². The van der Waals surface area contributed by atoms with E-state index >= 15 is 0 Å². The first-order valence-electron chi connectivity index (χ1n) is 8.90. The normalized spacial score (nSPS) is 22.5. The number of rotatable bonds is 2. The molecule has 0 radical (unpaired) electrons. The predicted octanol–water partition coefficient (Wildman–Crippen LogP) is 0.696.